The Labute approximate surface area is 191 Å². The zero-order valence-corrected chi connectivity index (χ0v) is 18.1. The van der Waals surface area contributed by atoms with Crippen molar-refractivity contribution in [2.24, 2.45) is 0 Å². The van der Waals surface area contributed by atoms with Crippen molar-refractivity contribution in [3.63, 3.8) is 0 Å². The predicted octanol–water partition coefficient (Wildman–Crippen LogP) is 2.56. The van der Waals surface area contributed by atoms with E-state index in [0.29, 0.717) is 28.6 Å². The van der Waals surface area contributed by atoms with Gasteiger partial charge in [-0.15, -0.1) is 0 Å². The Morgan fingerprint density at radius 1 is 1.12 bits per heavy atom. The molecule has 3 fully saturated rings. The summed E-state index contributed by atoms with van der Waals surface area (Å²) in [6.07, 6.45) is 5.43. The predicted molar refractivity (Wildman–Crippen MR) is 123 cm³/mol. The van der Waals surface area contributed by atoms with E-state index in [4.69, 9.17) is 10.2 Å². The number of nitrogens with one attached hydrogen (secondary N) is 1. The van der Waals surface area contributed by atoms with Crippen LogP contribution in [0.5, 0.6) is 5.75 Å². The van der Waals surface area contributed by atoms with E-state index in [-0.39, 0.29) is 18.0 Å². The molecule has 8 heteroatoms. The molecule has 1 aromatic carbocycles. The zero-order chi connectivity index (χ0) is 22.5. The number of anilines is 1. The van der Waals surface area contributed by atoms with E-state index >= 15 is 0 Å². The number of nitriles is 1. The minimum Gasteiger partial charge on any atom is -0.505 e. The molecule has 1 amide bonds. The molecule has 2 bridgehead atoms. The van der Waals surface area contributed by atoms with E-state index in [9.17, 15) is 9.90 Å². The van der Waals surface area contributed by atoms with Gasteiger partial charge in [0, 0.05) is 43.1 Å². The van der Waals surface area contributed by atoms with Crippen LogP contribution in [0.4, 0.5) is 5.82 Å². The van der Waals surface area contributed by atoms with Gasteiger partial charge in [0.15, 0.2) is 11.4 Å². The van der Waals surface area contributed by atoms with Gasteiger partial charge in [0.1, 0.15) is 5.82 Å². The van der Waals surface area contributed by atoms with Gasteiger partial charge in [0.05, 0.1) is 23.3 Å². The smallest absolute Gasteiger partial charge is 0.274 e. The lowest BCUT2D eigenvalue weighted by molar-refractivity contribution is 0.0943. The number of hydrogen-bond donors (Lipinski definition) is 2. The fraction of sp³-hybridized carbons (Fsp3) is 0.360. The van der Waals surface area contributed by atoms with Crippen LogP contribution in [0.25, 0.3) is 10.9 Å². The minimum absolute atomic E-state index is 0.0222. The van der Waals surface area contributed by atoms with Crippen molar-refractivity contribution in [2.45, 2.75) is 43.9 Å². The zero-order valence-electron chi connectivity index (χ0n) is 18.1. The molecule has 2 saturated heterocycles. The van der Waals surface area contributed by atoms with Crippen LogP contribution in [0.3, 0.4) is 0 Å². The molecule has 2 aliphatic heterocycles. The van der Waals surface area contributed by atoms with Gasteiger partial charge < -0.3 is 15.3 Å². The molecule has 33 heavy (non-hydrogen) atoms. The van der Waals surface area contributed by atoms with Crippen LogP contribution in [-0.2, 0) is 6.54 Å². The van der Waals surface area contributed by atoms with E-state index in [1.54, 1.807) is 30.5 Å². The normalized spacial score (nSPS) is 22.0. The van der Waals surface area contributed by atoms with E-state index < -0.39 is 5.91 Å². The van der Waals surface area contributed by atoms with Crippen molar-refractivity contribution in [3.05, 3.63) is 59.4 Å². The maximum atomic E-state index is 12.6. The van der Waals surface area contributed by atoms with Crippen LogP contribution in [0.1, 0.15) is 40.9 Å². The van der Waals surface area contributed by atoms with Crippen molar-refractivity contribution < 1.29 is 9.90 Å². The lowest BCUT2D eigenvalue weighted by Gasteiger charge is -2.35. The fourth-order valence-corrected chi connectivity index (χ4v) is 5.20. The largest absolute Gasteiger partial charge is 0.505 e. The highest BCUT2D eigenvalue weighted by molar-refractivity contribution is 6.00. The first-order chi connectivity index (χ1) is 16.1. The summed E-state index contributed by atoms with van der Waals surface area (Å²) in [5.41, 5.74) is 1.98. The van der Waals surface area contributed by atoms with Crippen molar-refractivity contribution in [1.29, 1.82) is 5.26 Å². The number of benzene rings is 1. The summed E-state index contributed by atoms with van der Waals surface area (Å²) in [7, 11) is 0. The SMILES string of the molecule is N#Cc1ccc(CNC(=O)c2ncc3nc(N4C[C@@H]5C[C@H]4CN5C4CC4)ccc3c2O)cc1. The number of aromatic nitrogens is 2. The molecular weight excluding hydrogens is 416 g/mol. The first-order valence-corrected chi connectivity index (χ1v) is 11.4. The molecule has 2 N–H and O–H groups in total. The number of piperazine rings is 1. The number of hydrogen-bond acceptors (Lipinski definition) is 7. The van der Waals surface area contributed by atoms with Crippen LogP contribution in [0, 0.1) is 11.3 Å². The molecule has 0 spiro atoms. The lowest BCUT2D eigenvalue weighted by atomic mass is 10.1. The molecule has 0 unspecified atom stereocenters. The molecule has 3 aliphatic rings. The number of nitrogens with zero attached hydrogens (tertiary/aromatic N) is 5. The van der Waals surface area contributed by atoms with E-state index in [2.05, 4.69) is 26.2 Å². The van der Waals surface area contributed by atoms with Gasteiger partial charge in [-0.1, -0.05) is 12.1 Å². The number of aromatic hydroxyl groups is 1. The van der Waals surface area contributed by atoms with Gasteiger partial charge in [-0.25, -0.2) is 9.97 Å². The lowest BCUT2D eigenvalue weighted by Crippen LogP contribution is -2.47. The molecule has 2 atom stereocenters. The highest BCUT2D eigenvalue weighted by Gasteiger charge is 2.48. The molecule has 166 valence electrons. The Kier molecular flexibility index (Phi) is 4.66. The Morgan fingerprint density at radius 2 is 1.94 bits per heavy atom. The van der Waals surface area contributed by atoms with Gasteiger partial charge in [-0.05, 0) is 49.1 Å². The molecule has 8 nitrogen and oxygen atoms in total. The van der Waals surface area contributed by atoms with Crippen molar-refractivity contribution >= 4 is 22.6 Å². The standard InChI is InChI=1S/C25H24N6O2/c26-10-15-1-3-16(4-2-15)11-28-25(33)23-24(32)20-7-8-22(29-21(20)12-27-23)31-14-18-9-19(31)13-30(18)17-5-6-17/h1-4,7-8,12,17-19,32H,5-6,9,11,13-14H2,(H,28,33)/t18-,19-/m0/s1. The maximum Gasteiger partial charge on any atom is 0.274 e. The number of amides is 1. The molecule has 4 heterocycles. The van der Waals surface area contributed by atoms with Crippen LogP contribution >= 0.6 is 0 Å². The average Bonchev–Trinajstić information content (AvgIpc) is 3.50. The van der Waals surface area contributed by atoms with Crippen LogP contribution in [0.2, 0.25) is 0 Å². The number of rotatable bonds is 5. The summed E-state index contributed by atoms with van der Waals surface area (Å²) in [6.45, 7) is 2.38. The van der Waals surface area contributed by atoms with Gasteiger partial charge in [0.2, 0.25) is 0 Å². The fourth-order valence-electron chi connectivity index (χ4n) is 5.20. The second kappa shape index (κ2) is 7.71. The second-order valence-corrected chi connectivity index (χ2v) is 9.17. The summed E-state index contributed by atoms with van der Waals surface area (Å²) >= 11 is 0. The molecule has 0 radical (unpaired) electrons. The van der Waals surface area contributed by atoms with Gasteiger partial charge in [0.25, 0.3) is 5.91 Å². The maximum absolute atomic E-state index is 12.6. The number of fused-ring (bicyclic) bond motifs is 3. The van der Waals surface area contributed by atoms with Gasteiger partial charge in [-0.2, -0.15) is 5.26 Å². The van der Waals surface area contributed by atoms with E-state index in [1.807, 2.05) is 12.1 Å². The third-order valence-electron chi connectivity index (χ3n) is 7.05. The molecule has 1 saturated carbocycles. The molecule has 2 aromatic heterocycles. The number of carbonyl (C=O) groups excluding carboxylic acids is 1. The number of likely N-dealkylation sites (tertiary alicyclic amines) is 1. The monoisotopic (exact) mass is 440 g/mol. The average molecular weight is 441 g/mol. The molecule has 6 rings (SSSR count). The summed E-state index contributed by atoms with van der Waals surface area (Å²) < 4.78 is 0. The first-order valence-electron chi connectivity index (χ1n) is 11.4. The Bertz CT molecular complexity index is 1280. The number of carbonyl (C=O) groups is 1. The van der Waals surface area contributed by atoms with Crippen molar-refractivity contribution in [2.75, 3.05) is 18.0 Å². The van der Waals surface area contributed by atoms with Crippen molar-refractivity contribution in [1.82, 2.24) is 20.2 Å². The number of pyridine rings is 2. The second-order valence-electron chi connectivity index (χ2n) is 9.17. The summed E-state index contributed by atoms with van der Waals surface area (Å²) in [5, 5.41) is 22.9. The molecule has 3 aromatic rings. The Balaban J connectivity index is 1.17. The van der Waals surface area contributed by atoms with E-state index in [1.165, 1.54) is 19.3 Å². The van der Waals surface area contributed by atoms with Crippen molar-refractivity contribution in [3.8, 4) is 11.8 Å². The van der Waals surface area contributed by atoms with Crippen LogP contribution in [-0.4, -0.2) is 57.1 Å². The molecular formula is C25H24N6O2. The Hall–Kier alpha value is -3.70. The third-order valence-corrected chi connectivity index (χ3v) is 7.05. The first kappa shape index (κ1) is 19.9. The van der Waals surface area contributed by atoms with Crippen LogP contribution in [0.15, 0.2) is 42.6 Å². The van der Waals surface area contributed by atoms with Gasteiger partial charge in [-0.3, -0.25) is 9.69 Å². The third kappa shape index (κ3) is 3.55. The van der Waals surface area contributed by atoms with Crippen LogP contribution < -0.4 is 10.2 Å². The summed E-state index contributed by atoms with van der Waals surface area (Å²) in [4.78, 5) is 26.6. The summed E-state index contributed by atoms with van der Waals surface area (Å²) in [6, 6.07) is 14.7. The van der Waals surface area contributed by atoms with E-state index in [0.717, 1.165) is 30.5 Å². The van der Waals surface area contributed by atoms with Gasteiger partial charge >= 0.3 is 0 Å². The highest BCUT2D eigenvalue weighted by atomic mass is 16.3. The topological polar surface area (TPSA) is 105 Å². The minimum atomic E-state index is -0.458. The summed E-state index contributed by atoms with van der Waals surface area (Å²) in [5.74, 6) is 0.288. The quantitative estimate of drug-likeness (QED) is 0.628. The Morgan fingerprint density at radius 3 is 2.64 bits per heavy atom. The highest BCUT2D eigenvalue weighted by Crippen LogP contribution is 2.41. The molecule has 1 aliphatic carbocycles.